The Hall–Kier alpha value is -2.38. The predicted octanol–water partition coefficient (Wildman–Crippen LogP) is 3.64. The first-order chi connectivity index (χ1) is 14.2. The Labute approximate surface area is 178 Å². The van der Waals surface area contributed by atoms with Crippen LogP contribution < -0.4 is 10.1 Å². The first kappa shape index (κ1) is 20.9. The van der Waals surface area contributed by atoms with Crippen molar-refractivity contribution in [3.05, 3.63) is 65.2 Å². The minimum Gasteiger partial charge on any atom is -0.487 e. The number of rotatable bonds is 5. The summed E-state index contributed by atoms with van der Waals surface area (Å²) in [7, 11) is -3.30. The predicted molar refractivity (Wildman–Crippen MR) is 116 cm³/mol. The highest BCUT2D eigenvalue weighted by Crippen LogP contribution is 2.39. The molecule has 160 valence electrons. The molecule has 2 aromatic carbocycles. The van der Waals surface area contributed by atoms with Crippen molar-refractivity contribution < 1.29 is 17.9 Å². The lowest BCUT2D eigenvalue weighted by Crippen LogP contribution is -2.41. The van der Waals surface area contributed by atoms with E-state index >= 15 is 0 Å². The van der Waals surface area contributed by atoms with Gasteiger partial charge in [0.05, 0.1) is 11.8 Å². The molecule has 2 aromatic rings. The molecule has 1 fully saturated rings. The number of ether oxygens (including phenoxy) is 1. The molecule has 7 heteroatoms. The average molecular weight is 429 g/mol. The van der Waals surface area contributed by atoms with Crippen LogP contribution in [0.5, 0.6) is 5.75 Å². The van der Waals surface area contributed by atoms with E-state index in [0.29, 0.717) is 30.6 Å². The minimum atomic E-state index is -3.30. The lowest BCUT2D eigenvalue weighted by Gasteiger charge is -2.37. The molecule has 1 unspecified atom stereocenters. The van der Waals surface area contributed by atoms with E-state index in [4.69, 9.17) is 4.74 Å². The third-order valence-corrected chi connectivity index (χ3v) is 7.56. The van der Waals surface area contributed by atoms with Crippen molar-refractivity contribution in [2.24, 2.45) is 0 Å². The van der Waals surface area contributed by atoms with E-state index in [1.54, 1.807) is 28.6 Å². The molecule has 0 saturated carbocycles. The molecule has 30 heavy (non-hydrogen) atoms. The molecule has 2 heterocycles. The summed E-state index contributed by atoms with van der Waals surface area (Å²) in [5, 5.41) is 3.11. The SMILES string of the molecule is CC1(C)CC(NC(=O)c2ccc(CS(=O)(=O)N3CCCC3)cc2)c2ccccc2O1. The Balaban J connectivity index is 1.45. The normalized spacial score (nSPS) is 20.9. The number of benzene rings is 2. The smallest absolute Gasteiger partial charge is 0.251 e. The van der Waals surface area contributed by atoms with Gasteiger partial charge >= 0.3 is 0 Å². The van der Waals surface area contributed by atoms with Gasteiger partial charge in [0.2, 0.25) is 10.0 Å². The van der Waals surface area contributed by atoms with Gasteiger partial charge in [0.1, 0.15) is 11.4 Å². The summed E-state index contributed by atoms with van der Waals surface area (Å²) in [4.78, 5) is 12.9. The van der Waals surface area contributed by atoms with Crippen LogP contribution in [0.15, 0.2) is 48.5 Å². The van der Waals surface area contributed by atoms with Gasteiger partial charge in [0.25, 0.3) is 5.91 Å². The number of hydrogen-bond acceptors (Lipinski definition) is 4. The second kappa shape index (κ2) is 8.04. The van der Waals surface area contributed by atoms with Gasteiger partial charge in [-0.2, -0.15) is 0 Å². The zero-order chi connectivity index (χ0) is 21.4. The second-order valence-corrected chi connectivity index (χ2v) is 10.7. The number of hydrogen-bond donors (Lipinski definition) is 1. The molecule has 0 aliphatic carbocycles. The fraction of sp³-hybridized carbons (Fsp3) is 0.435. The number of carbonyl (C=O) groups is 1. The van der Waals surface area contributed by atoms with E-state index in [1.807, 2.05) is 38.1 Å². The second-order valence-electron chi connectivity index (χ2n) is 8.69. The summed E-state index contributed by atoms with van der Waals surface area (Å²) >= 11 is 0. The van der Waals surface area contributed by atoms with E-state index in [1.165, 1.54) is 0 Å². The molecule has 1 amide bonds. The molecule has 6 nitrogen and oxygen atoms in total. The molecule has 0 spiro atoms. The first-order valence-corrected chi connectivity index (χ1v) is 12.0. The molecule has 1 saturated heterocycles. The van der Waals surface area contributed by atoms with Gasteiger partial charge in [-0.1, -0.05) is 30.3 Å². The summed E-state index contributed by atoms with van der Waals surface area (Å²) in [6.07, 6.45) is 2.51. The first-order valence-electron chi connectivity index (χ1n) is 10.4. The van der Waals surface area contributed by atoms with Gasteiger partial charge in [-0.25, -0.2) is 12.7 Å². The third-order valence-electron chi connectivity index (χ3n) is 5.71. The number of amides is 1. The Morgan fingerprint density at radius 1 is 1.10 bits per heavy atom. The zero-order valence-electron chi connectivity index (χ0n) is 17.4. The highest BCUT2D eigenvalue weighted by molar-refractivity contribution is 7.88. The lowest BCUT2D eigenvalue weighted by molar-refractivity contribution is 0.0619. The number of para-hydroxylation sites is 1. The minimum absolute atomic E-state index is 0.0313. The van der Waals surface area contributed by atoms with Gasteiger partial charge < -0.3 is 10.1 Å². The number of nitrogens with zero attached hydrogens (tertiary/aromatic N) is 1. The largest absolute Gasteiger partial charge is 0.487 e. The highest BCUT2D eigenvalue weighted by Gasteiger charge is 2.34. The van der Waals surface area contributed by atoms with E-state index in [-0.39, 0.29) is 23.3 Å². The Kier molecular flexibility index (Phi) is 5.59. The topological polar surface area (TPSA) is 75.7 Å². The van der Waals surface area contributed by atoms with Crippen molar-refractivity contribution in [2.75, 3.05) is 13.1 Å². The summed E-state index contributed by atoms with van der Waals surface area (Å²) in [6, 6.07) is 14.5. The van der Waals surface area contributed by atoms with Crippen molar-refractivity contribution in [3.8, 4) is 5.75 Å². The maximum Gasteiger partial charge on any atom is 0.251 e. The van der Waals surface area contributed by atoms with Crippen LogP contribution >= 0.6 is 0 Å². The van der Waals surface area contributed by atoms with E-state index in [9.17, 15) is 13.2 Å². The van der Waals surface area contributed by atoms with Crippen LogP contribution in [-0.4, -0.2) is 37.3 Å². The van der Waals surface area contributed by atoms with Crippen molar-refractivity contribution in [1.29, 1.82) is 0 Å². The van der Waals surface area contributed by atoms with Crippen LogP contribution in [0.25, 0.3) is 0 Å². The van der Waals surface area contributed by atoms with Gasteiger partial charge in [0, 0.05) is 30.6 Å². The Morgan fingerprint density at radius 2 is 1.77 bits per heavy atom. The van der Waals surface area contributed by atoms with E-state index in [0.717, 1.165) is 24.2 Å². The average Bonchev–Trinajstić information content (AvgIpc) is 3.23. The van der Waals surface area contributed by atoms with Crippen molar-refractivity contribution in [3.63, 3.8) is 0 Å². The summed E-state index contributed by atoms with van der Waals surface area (Å²) in [5.74, 6) is 0.583. The molecule has 1 N–H and O–H groups in total. The molecule has 0 radical (unpaired) electrons. The zero-order valence-corrected chi connectivity index (χ0v) is 18.2. The molecular weight excluding hydrogens is 400 g/mol. The van der Waals surface area contributed by atoms with Crippen LogP contribution in [0.1, 0.15) is 60.6 Å². The van der Waals surface area contributed by atoms with Crippen molar-refractivity contribution in [2.45, 2.75) is 50.5 Å². The molecule has 4 rings (SSSR count). The standard InChI is InChI=1S/C23H28N2O4S/c1-23(2)15-20(19-7-3-4-8-21(19)29-23)24-22(26)18-11-9-17(10-12-18)16-30(27,28)25-13-5-6-14-25/h3-4,7-12,20H,5-6,13-16H2,1-2H3,(H,24,26). The molecule has 0 aromatic heterocycles. The van der Waals surface area contributed by atoms with Crippen LogP contribution in [0.2, 0.25) is 0 Å². The van der Waals surface area contributed by atoms with Crippen LogP contribution in [-0.2, 0) is 15.8 Å². The molecule has 2 aliphatic rings. The van der Waals surface area contributed by atoms with Gasteiger partial charge in [-0.05, 0) is 50.5 Å². The number of fused-ring (bicyclic) bond motifs is 1. The summed E-state index contributed by atoms with van der Waals surface area (Å²) < 4.78 is 32.6. The van der Waals surface area contributed by atoms with Crippen molar-refractivity contribution in [1.82, 2.24) is 9.62 Å². The number of carbonyl (C=O) groups excluding carboxylic acids is 1. The maximum absolute atomic E-state index is 12.9. The summed E-state index contributed by atoms with van der Waals surface area (Å²) in [5.41, 5.74) is 1.80. The van der Waals surface area contributed by atoms with Crippen molar-refractivity contribution >= 4 is 15.9 Å². The van der Waals surface area contributed by atoms with Crippen LogP contribution in [0.4, 0.5) is 0 Å². The molecule has 0 bridgehead atoms. The fourth-order valence-electron chi connectivity index (χ4n) is 4.19. The van der Waals surface area contributed by atoms with Gasteiger partial charge in [-0.15, -0.1) is 0 Å². The molecule has 2 aliphatic heterocycles. The molecule has 1 atom stereocenters. The fourth-order valence-corrected chi connectivity index (χ4v) is 5.80. The number of nitrogens with one attached hydrogen (secondary N) is 1. The van der Waals surface area contributed by atoms with E-state index < -0.39 is 10.0 Å². The number of sulfonamides is 1. The quantitative estimate of drug-likeness (QED) is 0.789. The lowest BCUT2D eigenvalue weighted by atomic mass is 9.89. The monoisotopic (exact) mass is 428 g/mol. The van der Waals surface area contributed by atoms with E-state index in [2.05, 4.69) is 5.32 Å². The Morgan fingerprint density at radius 3 is 2.47 bits per heavy atom. The third kappa shape index (κ3) is 4.52. The highest BCUT2D eigenvalue weighted by atomic mass is 32.2. The maximum atomic E-state index is 12.9. The van der Waals surface area contributed by atoms with Gasteiger partial charge in [-0.3, -0.25) is 4.79 Å². The van der Waals surface area contributed by atoms with Gasteiger partial charge in [0.15, 0.2) is 0 Å². The summed E-state index contributed by atoms with van der Waals surface area (Å²) in [6.45, 7) is 5.23. The van der Waals surface area contributed by atoms with Crippen LogP contribution in [0.3, 0.4) is 0 Å². The molecular formula is C23H28N2O4S. The Bertz CT molecular complexity index is 1030. The van der Waals surface area contributed by atoms with Crippen LogP contribution in [0, 0.1) is 0 Å².